The van der Waals surface area contributed by atoms with Crippen molar-refractivity contribution in [3.63, 3.8) is 0 Å². The van der Waals surface area contributed by atoms with Crippen LogP contribution < -0.4 is 0 Å². The van der Waals surface area contributed by atoms with Crippen molar-refractivity contribution in [2.45, 2.75) is 0 Å². The summed E-state index contributed by atoms with van der Waals surface area (Å²) >= 11 is 0. The number of pyridine rings is 2. The van der Waals surface area contributed by atoms with Crippen LogP contribution >= 0.6 is 0 Å². The summed E-state index contributed by atoms with van der Waals surface area (Å²) < 4.78 is 1.78. The molecule has 0 aromatic carbocycles. The molecule has 4 aromatic heterocycles. The molecule has 0 amide bonds. The standard InChI is InChI=1S/C17H12N6/c1-2-13-10-18-11-15(22-13)14-7-16-12(8-20-14)9-21-23(16)17-5-3-4-6-19-17/h2-11H,1H2. The van der Waals surface area contributed by atoms with Crippen molar-refractivity contribution >= 4 is 17.0 Å². The van der Waals surface area contributed by atoms with E-state index in [1.54, 1.807) is 41.7 Å². The SMILES string of the molecule is C=Cc1cncc(-c2cc3c(cn2)cnn3-c2ccccn2)n1. The molecule has 0 saturated heterocycles. The maximum absolute atomic E-state index is 4.47. The summed E-state index contributed by atoms with van der Waals surface area (Å²) in [5.74, 6) is 0.755. The molecule has 0 saturated carbocycles. The second-order valence-electron chi connectivity index (χ2n) is 4.91. The summed E-state index contributed by atoms with van der Waals surface area (Å²) in [7, 11) is 0. The van der Waals surface area contributed by atoms with Gasteiger partial charge in [0.1, 0.15) is 5.69 Å². The minimum Gasteiger partial charge on any atom is -0.260 e. The maximum atomic E-state index is 4.47. The number of hydrogen-bond acceptors (Lipinski definition) is 5. The Hall–Kier alpha value is -3.41. The highest BCUT2D eigenvalue weighted by Crippen LogP contribution is 2.22. The van der Waals surface area contributed by atoms with Crippen LogP contribution in [-0.4, -0.2) is 29.7 Å². The molecule has 4 heterocycles. The molecule has 4 rings (SSSR count). The zero-order valence-corrected chi connectivity index (χ0v) is 12.2. The minimum atomic E-state index is 0.693. The summed E-state index contributed by atoms with van der Waals surface area (Å²) in [5, 5.41) is 5.33. The highest BCUT2D eigenvalue weighted by Gasteiger charge is 2.09. The first kappa shape index (κ1) is 13.3. The monoisotopic (exact) mass is 300 g/mol. The average Bonchev–Trinajstić information content (AvgIpc) is 3.05. The molecule has 0 aliphatic rings. The molecule has 110 valence electrons. The van der Waals surface area contributed by atoms with E-state index in [4.69, 9.17) is 0 Å². The van der Waals surface area contributed by atoms with Gasteiger partial charge in [0.25, 0.3) is 0 Å². The van der Waals surface area contributed by atoms with Crippen LogP contribution in [-0.2, 0) is 0 Å². The van der Waals surface area contributed by atoms with Gasteiger partial charge in [0.15, 0.2) is 5.82 Å². The van der Waals surface area contributed by atoms with Crippen LogP contribution in [0.5, 0.6) is 0 Å². The molecule has 6 nitrogen and oxygen atoms in total. The van der Waals surface area contributed by atoms with Crippen LogP contribution in [0, 0.1) is 0 Å². The molecule has 0 N–H and O–H groups in total. The quantitative estimate of drug-likeness (QED) is 0.582. The fraction of sp³-hybridized carbons (Fsp3) is 0. The predicted molar refractivity (Wildman–Crippen MR) is 87.8 cm³/mol. The van der Waals surface area contributed by atoms with Gasteiger partial charge in [-0.05, 0) is 24.3 Å². The Morgan fingerprint density at radius 1 is 1.00 bits per heavy atom. The Morgan fingerprint density at radius 3 is 2.78 bits per heavy atom. The molecular weight excluding hydrogens is 288 g/mol. The molecular formula is C17H12N6. The lowest BCUT2D eigenvalue weighted by molar-refractivity contribution is 0.874. The van der Waals surface area contributed by atoms with Gasteiger partial charge >= 0.3 is 0 Å². The third kappa shape index (κ3) is 2.36. The topological polar surface area (TPSA) is 69.4 Å². The van der Waals surface area contributed by atoms with E-state index in [0.717, 1.165) is 22.4 Å². The molecule has 6 heteroatoms. The van der Waals surface area contributed by atoms with E-state index in [-0.39, 0.29) is 0 Å². The molecule has 0 aliphatic carbocycles. The van der Waals surface area contributed by atoms with Crippen molar-refractivity contribution < 1.29 is 0 Å². The van der Waals surface area contributed by atoms with Gasteiger partial charge in [-0.3, -0.25) is 9.97 Å². The van der Waals surface area contributed by atoms with E-state index in [2.05, 4.69) is 31.6 Å². The van der Waals surface area contributed by atoms with Gasteiger partial charge in [-0.15, -0.1) is 0 Å². The number of fused-ring (bicyclic) bond motifs is 1. The molecule has 0 spiro atoms. The zero-order valence-electron chi connectivity index (χ0n) is 12.2. The van der Waals surface area contributed by atoms with E-state index in [9.17, 15) is 0 Å². The maximum Gasteiger partial charge on any atom is 0.153 e. The van der Waals surface area contributed by atoms with E-state index >= 15 is 0 Å². The van der Waals surface area contributed by atoms with Crippen LogP contribution in [0.4, 0.5) is 0 Å². The molecule has 0 atom stereocenters. The number of aromatic nitrogens is 6. The third-order valence-corrected chi connectivity index (χ3v) is 3.44. The molecule has 0 bridgehead atoms. The highest BCUT2D eigenvalue weighted by atomic mass is 15.3. The summed E-state index contributed by atoms with van der Waals surface area (Å²) in [4.78, 5) is 17.4. The highest BCUT2D eigenvalue weighted by molar-refractivity contribution is 5.82. The van der Waals surface area contributed by atoms with Crippen molar-refractivity contribution in [2.24, 2.45) is 0 Å². The van der Waals surface area contributed by atoms with Crippen LogP contribution in [0.2, 0.25) is 0 Å². The van der Waals surface area contributed by atoms with Gasteiger partial charge in [0.2, 0.25) is 0 Å². The van der Waals surface area contributed by atoms with Crippen LogP contribution in [0.15, 0.2) is 61.8 Å². The summed E-state index contributed by atoms with van der Waals surface area (Å²) in [6.07, 6.45) is 10.3. The molecule has 0 unspecified atom stereocenters. The Kier molecular flexibility index (Phi) is 3.12. The second kappa shape index (κ2) is 5.42. The fourth-order valence-electron chi connectivity index (χ4n) is 2.32. The van der Waals surface area contributed by atoms with Crippen molar-refractivity contribution in [3.8, 4) is 17.2 Å². The summed E-state index contributed by atoms with van der Waals surface area (Å²) in [6, 6.07) is 7.65. The number of nitrogens with zero attached hydrogens (tertiary/aromatic N) is 6. The average molecular weight is 300 g/mol. The van der Waals surface area contributed by atoms with E-state index in [1.165, 1.54) is 0 Å². The lowest BCUT2D eigenvalue weighted by Crippen LogP contribution is -1.99. The largest absolute Gasteiger partial charge is 0.260 e. The summed E-state index contributed by atoms with van der Waals surface area (Å²) in [6.45, 7) is 3.72. The van der Waals surface area contributed by atoms with Crippen LogP contribution in [0.1, 0.15) is 5.69 Å². The molecule has 4 aromatic rings. The van der Waals surface area contributed by atoms with Crippen LogP contribution in [0.25, 0.3) is 34.2 Å². The third-order valence-electron chi connectivity index (χ3n) is 3.44. The first-order valence-corrected chi connectivity index (χ1v) is 7.05. The van der Waals surface area contributed by atoms with Crippen molar-refractivity contribution in [3.05, 3.63) is 67.5 Å². The van der Waals surface area contributed by atoms with Gasteiger partial charge in [-0.2, -0.15) is 5.10 Å². The Labute approximate surface area is 132 Å². The van der Waals surface area contributed by atoms with Gasteiger partial charge in [-0.1, -0.05) is 12.6 Å². The predicted octanol–water partition coefficient (Wildman–Crippen LogP) is 2.92. The zero-order chi connectivity index (χ0) is 15.6. The first-order valence-electron chi connectivity index (χ1n) is 7.05. The lowest BCUT2D eigenvalue weighted by atomic mass is 10.2. The van der Waals surface area contributed by atoms with Crippen molar-refractivity contribution in [1.82, 2.24) is 29.7 Å². The summed E-state index contributed by atoms with van der Waals surface area (Å²) in [5.41, 5.74) is 3.05. The first-order chi connectivity index (χ1) is 11.3. The number of hydrogen-bond donors (Lipinski definition) is 0. The van der Waals surface area contributed by atoms with Gasteiger partial charge in [0, 0.05) is 17.8 Å². The smallest absolute Gasteiger partial charge is 0.153 e. The fourth-order valence-corrected chi connectivity index (χ4v) is 2.32. The van der Waals surface area contributed by atoms with Crippen molar-refractivity contribution in [1.29, 1.82) is 0 Å². The molecule has 0 fully saturated rings. The van der Waals surface area contributed by atoms with E-state index in [0.29, 0.717) is 11.4 Å². The van der Waals surface area contributed by atoms with Gasteiger partial charge < -0.3 is 0 Å². The van der Waals surface area contributed by atoms with E-state index < -0.39 is 0 Å². The van der Waals surface area contributed by atoms with E-state index in [1.807, 2.05) is 24.3 Å². The normalized spacial score (nSPS) is 10.8. The minimum absolute atomic E-state index is 0.693. The second-order valence-corrected chi connectivity index (χ2v) is 4.91. The number of rotatable bonds is 3. The van der Waals surface area contributed by atoms with Crippen molar-refractivity contribution in [2.75, 3.05) is 0 Å². The Balaban J connectivity index is 1.88. The molecule has 0 radical (unpaired) electrons. The Morgan fingerprint density at radius 2 is 1.96 bits per heavy atom. The van der Waals surface area contributed by atoms with Crippen LogP contribution in [0.3, 0.4) is 0 Å². The Bertz CT molecular complexity index is 990. The van der Waals surface area contributed by atoms with Gasteiger partial charge in [0.05, 0.1) is 35.5 Å². The molecule has 0 aliphatic heterocycles. The lowest BCUT2D eigenvalue weighted by Gasteiger charge is -2.04. The van der Waals surface area contributed by atoms with Gasteiger partial charge in [-0.25, -0.2) is 14.6 Å². The molecule has 23 heavy (non-hydrogen) atoms.